The highest BCUT2D eigenvalue weighted by atomic mass is 32.1. The Labute approximate surface area is 112 Å². The van der Waals surface area contributed by atoms with Crippen LogP contribution in [0.15, 0.2) is 16.8 Å². The Bertz CT molecular complexity index is 380. The lowest BCUT2D eigenvalue weighted by Gasteiger charge is -2.38. The average Bonchev–Trinajstić information content (AvgIpc) is 2.92. The Kier molecular flexibility index (Phi) is 4.74. The van der Waals surface area contributed by atoms with Crippen molar-refractivity contribution in [2.75, 3.05) is 26.2 Å². The van der Waals surface area contributed by atoms with Crippen LogP contribution in [0.1, 0.15) is 25.5 Å². The first-order chi connectivity index (χ1) is 8.74. The normalized spacial score (nSPS) is 22.7. The van der Waals surface area contributed by atoms with Gasteiger partial charge in [-0.2, -0.15) is 11.3 Å². The number of carbonyl (C=O) groups excluding carboxylic acids is 1. The van der Waals surface area contributed by atoms with Crippen molar-refractivity contribution in [2.45, 2.75) is 25.9 Å². The summed E-state index contributed by atoms with van der Waals surface area (Å²) in [4.78, 5) is 14.2. The molecule has 100 valence electrons. The predicted octanol–water partition coefficient (Wildman–Crippen LogP) is 1.65. The van der Waals surface area contributed by atoms with E-state index in [-0.39, 0.29) is 18.1 Å². The molecule has 0 saturated carbocycles. The van der Waals surface area contributed by atoms with Crippen molar-refractivity contribution in [3.05, 3.63) is 22.4 Å². The summed E-state index contributed by atoms with van der Waals surface area (Å²) in [5.74, 6) is -0.119. The van der Waals surface area contributed by atoms with Gasteiger partial charge in [0.05, 0.1) is 6.61 Å². The van der Waals surface area contributed by atoms with Crippen LogP contribution in [0.5, 0.6) is 0 Å². The molecule has 2 atom stereocenters. The molecule has 5 heteroatoms. The third kappa shape index (κ3) is 2.91. The fraction of sp³-hybridized carbons (Fsp3) is 0.615. The van der Waals surface area contributed by atoms with Crippen molar-refractivity contribution >= 4 is 17.3 Å². The number of rotatable bonds is 4. The maximum Gasteiger partial charge on any atom is 0.324 e. The third-order valence-electron chi connectivity index (χ3n) is 3.37. The van der Waals surface area contributed by atoms with Crippen molar-refractivity contribution in [1.82, 2.24) is 10.2 Å². The van der Waals surface area contributed by atoms with Crippen molar-refractivity contribution in [3.63, 3.8) is 0 Å². The van der Waals surface area contributed by atoms with E-state index in [1.807, 2.05) is 6.92 Å². The number of thiophene rings is 1. The molecular formula is C13H20N2O2S. The minimum absolute atomic E-state index is 0.119. The summed E-state index contributed by atoms with van der Waals surface area (Å²) < 4.78 is 5.16. The Morgan fingerprint density at radius 2 is 2.56 bits per heavy atom. The number of nitrogens with zero attached hydrogens (tertiary/aromatic N) is 1. The van der Waals surface area contributed by atoms with Crippen molar-refractivity contribution in [1.29, 1.82) is 0 Å². The van der Waals surface area contributed by atoms with Gasteiger partial charge < -0.3 is 10.1 Å². The lowest BCUT2D eigenvalue weighted by Crippen LogP contribution is -2.55. The van der Waals surface area contributed by atoms with E-state index in [1.54, 1.807) is 11.3 Å². The smallest absolute Gasteiger partial charge is 0.324 e. The minimum atomic E-state index is -0.173. The summed E-state index contributed by atoms with van der Waals surface area (Å²) in [6.45, 7) is 6.91. The van der Waals surface area contributed by atoms with E-state index in [0.29, 0.717) is 13.2 Å². The molecule has 2 heterocycles. The Balaban J connectivity index is 2.10. The van der Waals surface area contributed by atoms with E-state index in [0.717, 1.165) is 13.1 Å². The molecule has 1 aliphatic rings. The second kappa shape index (κ2) is 6.31. The number of ether oxygens (including phenoxy) is 1. The van der Waals surface area contributed by atoms with Gasteiger partial charge in [0.25, 0.3) is 0 Å². The first-order valence-electron chi connectivity index (χ1n) is 6.39. The molecule has 2 unspecified atom stereocenters. The van der Waals surface area contributed by atoms with Crippen LogP contribution in [0.3, 0.4) is 0 Å². The van der Waals surface area contributed by atoms with Gasteiger partial charge in [0.2, 0.25) is 0 Å². The summed E-state index contributed by atoms with van der Waals surface area (Å²) in [5, 5.41) is 7.49. The molecule has 0 radical (unpaired) electrons. The first-order valence-corrected chi connectivity index (χ1v) is 7.33. The van der Waals surface area contributed by atoms with E-state index in [9.17, 15) is 4.79 Å². The van der Waals surface area contributed by atoms with Crippen LogP contribution < -0.4 is 5.32 Å². The summed E-state index contributed by atoms with van der Waals surface area (Å²) in [5.41, 5.74) is 1.27. The maximum absolute atomic E-state index is 12.0. The molecular weight excluding hydrogens is 248 g/mol. The van der Waals surface area contributed by atoms with Crippen LogP contribution in [0, 0.1) is 0 Å². The van der Waals surface area contributed by atoms with Crippen LogP contribution >= 0.6 is 11.3 Å². The second-order valence-corrected chi connectivity index (χ2v) is 5.22. The summed E-state index contributed by atoms with van der Waals surface area (Å²) in [6, 6.07) is 2.21. The van der Waals surface area contributed by atoms with Gasteiger partial charge in [-0.25, -0.2) is 0 Å². The van der Waals surface area contributed by atoms with Crippen LogP contribution in [0.2, 0.25) is 0 Å². The molecule has 1 aliphatic heterocycles. The molecule has 1 N–H and O–H groups in total. The van der Waals surface area contributed by atoms with Crippen LogP contribution in [-0.2, 0) is 9.53 Å². The largest absolute Gasteiger partial charge is 0.465 e. The summed E-state index contributed by atoms with van der Waals surface area (Å²) in [6.07, 6.45) is 0. The van der Waals surface area contributed by atoms with Crippen LogP contribution in [0.25, 0.3) is 0 Å². The molecule has 0 spiro atoms. The molecule has 1 fully saturated rings. The zero-order valence-corrected chi connectivity index (χ0v) is 11.7. The van der Waals surface area contributed by atoms with Gasteiger partial charge in [0.15, 0.2) is 0 Å². The Morgan fingerprint density at radius 1 is 1.72 bits per heavy atom. The van der Waals surface area contributed by atoms with Gasteiger partial charge >= 0.3 is 5.97 Å². The van der Waals surface area contributed by atoms with E-state index in [4.69, 9.17) is 4.74 Å². The maximum atomic E-state index is 12.0. The van der Waals surface area contributed by atoms with E-state index < -0.39 is 0 Å². The lowest BCUT2D eigenvalue weighted by molar-refractivity contribution is -0.151. The molecule has 0 aromatic carbocycles. The Hall–Kier alpha value is -0.910. The van der Waals surface area contributed by atoms with E-state index in [2.05, 4.69) is 34.0 Å². The van der Waals surface area contributed by atoms with Gasteiger partial charge in [-0.1, -0.05) is 0 Å². The van der Waals surface area contributed by atoms with E-state index >= 15 is 0 Å². The zero-order chi connectivity index (χ0) is 13.0. The second-order valence-electron chi connectivity index (χ2n) is 4.44. The molecule has 0 amide bonds. The first kappa shape index (κ1) is 13.5. The molecule has 18 heavy (non-hydrogen) atoms. The molecule has 1 aromatic rings. The average molecular weight is 268 g/mol. The topological polar surface area (TPSA) is 41.6 Å². The molecule has 4 nitrogen and oxygen atoms in total. The number of esters is 1. The van der Waals surface area contributed by atoms with Gasteiger partial charge in [-0.05, 0) is 36.2 Å². The van der Waals surface area contributed by atoms with E-state index in [1.165, 1.54) is 5.56 Å². The highest BCUT2D eigenvalue weighted by molar-refractivity contribution is 7.07. The Morgan fingerprint density at radius 3 is 3.22 bits per heavy atom. The van der Waals surface area contributed by atoms with Crippen LogP contribution in [0.4, 0.5) is 0 Å². The lowest BCUT2D eigenvalue weighted by atomic mass is 10.1. The van der Waals surface area contributed by atoms with Gasteiger partial charge in [0, 0.05) is 25.7 Å². The fourth-order valence-corrected chi connectivity index (χ4v) is 3.09. The monoisotopic (exact) mass is 268 g/mol. The highest BCUT2D eigenvalue weighted by Crippen LogP contribution is 2.25. The van der Waals surface area contributed by atoms with Gasteiger partial charge in [-0.3, -0.25) is 9.69 Å². The molecule has 0 aliphatic carbocycles. The van der Waals surface area contributed by atoms with Gasteiger partial charge in [0.1, 0.15) is 6.04 Å². The van der Waals surface area contributed by atoms with Crippen molar-refractivity contribution in [3.8, 4) is 0 Å². The van der Waals surface area contributed by atoms with Gasteiger partial charge in [-0.15, -0.1) is 0 Å². The molecule has 1 aromatic heterocycles. The van der Waals surface area contributed by atoms with Crippen LogP contribution in [-0.4, -0.2) is 43.2 Å². The van der Waals surface area contributed by atoms with Crippen molar-refractivity contribution < 1.29 is 9.53 Å². The molecule has 2 rings (SSSR count). The zero-order valence-electron chi connectivity index (χ0n) is 10.9. The number of carbonyl (C=O) groups is 1. The quantitative estimate of drug-likeness (QED) is 0.843. The number of nitrogens with one attached hydrogen (secondary N) is 1. The minimum Gasteiger partial charge on any atom is -0.465 e. The SMILES string of the molecule is CCOC(=O)C1CNCCN1C(C)c1ccsc1. The fourth-order valence-electron chi connectivity index (χ4n) is 2.34. The summed E-state index contributed by atoms with van der Waals surface area (Å²) >= 11 is 1.69. The number of piperazine rings is 1. The molecule has 0 bridgehead atoms. The summed E-state index contributed by atoms with van der Waals surface area (Å²) in [7, 11) is 0. The standard InChI is InChI=1S/C13H20N2O2S/c1-3-17-13(16)12-8-14-5-6-15(12)10(2)11-4-7-18-9-11/h4,7,9-10,12,14H,3,5-6,8H2,1-2H3. The number of hydrogen-bond donors (Lipinski definition) is 1. The number of hydrogen-bond acceptors (Lipinski definition) is 5. The third-order valence-corrected chi connectivity index (χ3v) is 4.07. The predicted molar refractivity (Wildman–Crippen MR) is 72.7 cm³/mol. The molecule has 1 saturated heterocycles. The van der Waals surface area contributed by atoms with Crippen molar-refractivity contribution in [2.24, 2.45) is 0 Å². The highest BCUT2D eigenvalue weighted by Gasteiger charge is 2.33.